The fraction of sp³-hybridized carbons (Fsp3) is 0.600. The summed E-state index contributed by atoms with van der Waals surface area (Å²) < 4.78 is 1.81. The van der Waals surface area contributed by atoms with E-state index in [-0.39, 0.29) is 11.2 Å². The number of nitrogens with zero attached hydrogens (tertiary/aromatic N) is 4. The van der Waals surface area contributed by atoms with Gasteiger partial charge >= 0.3 is 0 Å². The van der Waals surface area contributed by atoms with Gasteiger partial charge in [-0.25, -0.2) is 4.68 Å². The number of hydrogen-bond acceptors (Lipinski definition) is 5. The van der Waals surface area contributed by atoms with E-state index in [4.69, 9.17) is 0 Å². The lowest BCUT2D eigenvalue weighted by Gasteiger charge is -2.10. The highest BCUT2D eigenvalue weighted by molar-refractivity contribution is 8.00. The maximum atomic E-state index is 11.7. The number of tetrazole rings is 1. The molecular weight excluding hydrogens is 238 g/mol. The van der Waals surface area contributed by atoms with E-state index in [9.17, 15) is 4.79 Å². The van der Waals surface area contributed by atoms with E-state index in [1.165, 1.54) is 11.8 Å². The largest absolute Gasteiger partial charge is 0.352 e. The molecule has 1 aliphatic carbocycles. The smallest absolute Gasteiger partial charge is 0.233 e. The maximum Gasteiger partial charge on any atom is 0.233 e. The van der Waals surface area contributed by atoms with Gasteiger partial charge in [-0.3, -0.25) is 4.79 Å². The second-order valence-corrected chi connectivity index (χ2v) is 5.24. The summed E-state index contributed by atoms with van der Waals surface area (Å²) in [6.07, 6.45) is 3.90. The third-order valence-corrected chi connectivity index (χ3v) is 3.47. The number of rotatable bonds is 6. The summed E-state index contributed by atoms with van der Waals surface area (Å²) in [5.74, 6) is -0.0275. The van der Waals surface area contributed by atoms with Gasteiger partial charge in [-0.05, 0) is 30.2 Å². The van der Waals surface area contributed by atoms with Crippen LogP contribution in [0.15, 0.2) is 17.8 Å². The molecule has 1 atom stereocenters. The molecule has 1 aliphatic rings. The Kier molecular flexibility index (Phi) is 3.78. The Morgan fingerprint density at radius 1 is 1.76 bits per heavy atom. The van der Waals surface area contributed by atoms with Crippen molar-refractivity contribution in [3.63, 3.8) is 0 Å². The van der Waals surface area contributed by atoms with Crippen LogP contribution in [0.25, 0.3) is 0 Å². The predicted molar refractivity (Wildman–Crippen MR) is 64.6 cm³/mol. The predicted octanol–water partition coefficient (Wildman–Crippen LogP) is 0.791. The SMILES string of the molecule is C=CCNC(=O)C(C)Sc1nnnn1C1CC1. The molecule has 2 rings (SSSR count). The summed E-state index contributed by atoms with van der Waals surface area (Å²) >= 11 is 1.38. The Labute approximate surface area is 104 Å². The van der Waals surface area contributed by atoms with Crippen molar-refractivity contribution in [2.75, 3.05) is 6.54 Å². The second kappa shape index (κ2) is 5.31. The molecule has 1 saturated carbocycles. The molecule has 0 radical (unpaired) electrons. The molecule has 92 valence electrons. The quantitative estimate of drug-likeness (QED) is 0.599. The molecule has 1 N–H and O–H groups in total. The third kappa shape index (κ3) is 3.06. The summed E-state index contributed by atoms with van der Waals surface area (Å²) in [7, 11) is 0. The zero-order valence-electron chi connectivity index (χ0n) is 9.67. The molecular formula is C10H15N5OS. The first-order valence-electron chi connectivity index (χ1n) is 5.55. The number of carbonyl (C=O) groups excluding carboxylic acids is 1. The van der Waals surface area contributed by atoms with Crippen LogP contribution in [0.5, 0.6) is 0 Å². The number of hydrogen-bond donors (Lipinski definition) is 1. The normalized spacial score (nSPS) is 16.5. The van der Waals surface area contributed by atoms with Crippen molar-refractivity contribution >= 4 is 17.7 Å². The molecule has 0 saturated heterocycles. The van der Waals surface area contributed by atoms with Crippen LogP contribution in [0.3, 0.4) is 0 Å². The van der Waals surface area contributed by atoms with Gasteiger partial charge in [0, 0.05) is 6.54 Å². The number of thioether (sulfide) groups is 1. The lowest BCUT2D eigenvalue weighted by molar-refractivity contribution is -0.120. The lowest BCUT2D eigenvalue weighted by Crippen LogP contribution is -2.31. The Hall–Kier alpha value is -1.37. The highest BCUT2D eigenvalue weighted by Crippen LogP contribution is 2.37. The molecule has 0 bridgehead atoms. The average Bonchev–Trinajstić information content (AvgIpc) is 3.07. The Morgan fingerprint density at radius 3 is 3.18 bits per heavy atom. The minimum atomic E-state index is -0.210. The van der Waals surface area contributed by atoms with E-state index in [0.717, 1.165) is 12.8 Å². The number of carbonyl (C=O) groups is 1. The number of nitrogens with one attached hydrogen (secondary N) is 1. The Balaban J connectivity index is 1.92. The van der Waals surface area contributed by atoms with Crippen LogP contribution < -0.4 is 5.32 Å². The van der Waals surface area contributed by atoms with Crippen molar-refractivity contribution < 1.29 is 4.79 Å². The molecule has 6 nitrogen and oxygen atoms in total. The Morgan fingerprint density at radius 2 is 2.53 bits per heavy atom. The van der Waals surface area contributed by atoms with Crippen LogP contribution in [-0.2, 0) is 4.79 Å². The van der Waals surface area contributed by atoms with Crippen molar-refractivity contribution in [3.8, 4) is 0 Å². The van der Waals surface area contributed by atoms with Gasteiger partial charge in [0.1, 0.15) is 0 Å². The highest BCUT2D eigenvalue weighted by atomic mass is 32.2. The van der Waals surface area contributed by atoms with Gasteiger partial charge in [0.15, 0.2) is 0 Å². The first-order valence-corrected chi connectivity index (χ1v) is 6.43. The van der Waals surface area contributed by atoms with Gasteiger partial charge in [-0.15, -0.1) is 11.7 Å². The van der Waals surface area contributed by atoms with E-state index >= 15 is 0 Å². The van der Waals surface area contributed by atoms with Crippen molar-refractivity contribution in [2.45, 2.75) is 36.2 Å². The van der Waals surface area contributed by atoms with Crippen LogP contribution >= 0.6 is 11.8 Å². The highest BCUT2D eigenvalue weighted by Gasteiger charge is 2.29. The Bertz CT molecular complexity index is 415. The van der Waals surface area contributed by atoms with Gasteiger partial charge in [-0.1, -0.05) is 17.8 Å². The van der Waals surface area contributed by atoms with Crippen LogP contribution in [-0.4, -0.2) is 37.9 Å². The van der Waals surface area contributed by atoms with E-state index in [1.54, 1.807) is 6.08 Å². The molecule has 1 aromatic heterocycles. The van der Waals surface area contributed by atoms with Crippen molar-refractivity contribution in [1.82, 2.24) is 25.5 Å². The summed E-state index contributed by atoms with van der Waals surface area (Å²) in [5.41, 5.74) is 0. The average molecular weight is 253 g/mol. The van der Waals surface area contributed by atoms with Gasteiger partial charge in [0.2, 0.25) is 11.1 Å². The summed E-state index contributed by atoms with van der Waals surface area (Å²) in [6.45, 7) is 5.88. The first-order chi connectivity index (χ1) is 8.22. The minimum absolute atomic E-state index is 0.0275. The molecule has 1 amide bonds. The monoisotopic (exact) mass is 253 g/mol. The minimum Gasteiger partial charge on any atom is -0.352 e. The van der Waals surface area contributed by atoms with Crippen molar-refractivity contribution in [2.24, 2.45) is 0 Å². The van der Waals surface area contributed by atoms with Crippen molar-refractivity contribution in [3.05, 3.63) is 12.7 Å². The molecule has 0 spiro atoms. The number of amides is 1. The zero-order valence-corrected chi connectivity index (χ0v) is 10.5. The fourth-order valence-electron chi connectivity index (χ4n) is 1.34. The van der Waals surface area contributed by atoms with Crippen LogP contribution in [0.2, 0.25) is 0 Å². The van der Waals surface area contributed by atoms with E-state index in [0.29, 0.717) is 17.7 Å². The van der Waals surface area contributed by atoms with E-state index < -0.39 is 0 Å². The topological polar surface area (TPSA) is 72.7 Å². The van der Waals surface area contributed by atoms with Gasteiger partial charge < -0.3 is 5.32 Å². The summed E-state index contributed by atoms with van der Waals surface area (Å²) in [4.78, 5) is 11.7. The third-order valence-electron chi connectivity index (χ3n) is 2.43. The summed E-state index contributed by atoms with van der Waals surface area (Å²) in [5, 5.41) is 14.8. The van der Waals surface area contributed by atoms with Crippen LogP contribution in [0.4, 0.5) is 0 Å². The molecule has 0 aliphatic heterocycles. The van der Waals surface area contributed by atoms with Gasteiger partial charge in [0.25, 0.3) is 0 Å². The molecule has 0 aromatic carbocycles. The molecule has 1 unspecified atom stereocenters. The maximum absolute atomic E-state index is 11.7. The van der Waals surface area contributed by atoms with E-state index in [2.05, 4.69) is 27.4 Å². The van der Waals surface area contributed by atoms with Crippen LogP contribution in [0, 0.1) is 0 Å². The molecule has 1 aromatic rings. The zero-order chi connectivity index (χ0) is 12.3. The standard InChI is InChI=1S/C10H15N5OS/c1-3-6-11-9(16)7(2)17-10-12-13-14-15(10)8-4-5-8/h3,7-8H,1,4-6H2,2H3,(H,11,16). The number of aromatic nitrogens is 4. The van der Waals surface area contributed by atoms with Gasteiger partial charge in [-0.2, -0.15) is 0 Å². The molecule has 7 heteroatoms. The molecule has 17 heavy (non-hydrogen) atoms. The second-order valence-electron chi connectivity index (χ2n) is 3.93. The van der Waals surface area contributed by atoms with E-state index in [1.807, 2.05) is 11.6 Å². The lowest BCUT2D eigenvalue weighted by atomic mass is 10.4. The fourth-order valence-corrected chi connectivity index (χ4v) is 2.22. The molecule has 1 heterocycles. The summed E-state index contributed by atoms with van der Waals surface area (Å²) in [6, 6.07) is 0.427. The molecule has 1 fully saturated rings. The van der Waals surface area contributed by atoms with Crippen LogP contribution in [0.1, 0.15) is 25.8 Å². The first kappa shape index (κ1) is 12.1. The van der Waals surface area contributed by atoms with Crippen molar-refractivity contribution in [1.29, 1.82) is 0 Å². The van der Waals surface area contributed by atoms with Gasteiger partial charge in [0.05, 0.1) is 11.3 Å².